The number of piperidine rings is 1. The zero-order valence-corrected chi connectivity index (χ0v) is 17.5. The number of rotatable bonds is 4. The number of hydrogen-bond acceptors (Lipinski definition) is 2. The van der Waals surface area contributed by atoms with E-state index < -0.39 is 0 Å². The maximum atomic E-state index is 12.9. The Bertz CT molecular complexity index is 839. The quantitative estimate of drug-likeness (QED) is 0.760. The van der Waals surface area contributed by atoms with Crippen molar-refractivity contribution < 1.29 is 9.59 Å². The average molecular weight is 441 g/mol. The molecule has 1 aliphatic carbocycles. The van der Waals surface area contributed by atoms with Crippen LogP contribution >= 0.6 is 15.9 Å². The lowest BCUT2D eigenvalue weighted by atomic mass is 9.71. The van der Waals surface area contributed by atoms with Crippen LogP contribution in [0.15, 0.2) is 59.1 Å². The molecule has 2 amide bonds. The highest BCUT2D eigenvalue weighted by molar-refractivity contribution is 9.10. The average Bonchev–Trinajstić information content (AvgIpc) is 2.71. The Balaban J connectivity index is 1.35. The molecule has 0 atom stereocenters. The molecule has 0 unspecified atom stereocenters. The van der Waals surface area contributed by atoms with Crippen molar-refractivity contribution in [3.05, 3.63) is 70.2 Å². The first kappa shape index (κ1) is 19.2. The van der Waals surface area contributed by atoms with Gasteiger partial charge in [0.05, 0.1) is 5.54 Å². The van der Waals surface area contributed by atoms with Crippen molar-refractivity contribution in [3.63, 3.8) is 0 Å². The van der Waals surface area contributed by atoms with Crippen molar-refractivity contribution in [3.8, 4) is 0 Å². The van der Waals surface area contributed by atoms with E-state index in [-0.39, 0.29) is 23.3 Å². The third-order valence-electron chi connectivity index (χ3n) is 6.14. The van der Waals surface area contributed by atoms with E-state index in [1.165, 1.54) is 5.56 Å². The van der Waals surface area contributed by atoms with Gasteiger partial charge in [0.1, 0.15) is 0 Å². The van der Waals surface area contributed by atoms with Gasteiger partial charge in [-0.05, 0) is 61.9 Å². The second kappa shape index (κ2) is 8.08. The van der Waals surface area contributed by atoms with Crippen molar-refractivity contribution in [2.24, 2.45) is 5.92 Å². The summed E-state index contributed by atoms with van der Waals surface area (Å²) in [6.07, 6.45) is 4.60. The monoisotopic (exact) mass is 440 g/mol. The highest BCUT2D eigenvalue weighted by atomic mass is 79.9. The fourth-order valence-electron chi connectivity index (χ4n) is 4.23. The summed E-state index contributed by atoms with van der Waals surface area (Å²) in [6, 6.07) is 17.7. The maximum absolute atomic E-state index is 12.9. The molecule has 0 bridgehead atoms. The lowest BCUT2D eigenvalue weighted by Crippen LogP contribution is -2.53. The molecule has 1 N–H and O–H groups in total. The topological polar surface area (TPSA) is 49.4 Å². The molecule has 4 rings (SSSR count). The van der Waals surface area contributed by atoms with Gasteiger partial charge < -0.3 is 10.2 Å². The first-order valence-electron chi connectivity index (χ1n) is 10.00. The predicted octanol–water partition coefficient (Wildman–Crippen LogP) is 4.50. The molecule has 4 nitrogen and oxygen atoms in total. The molecular weight excluding hydrogens is 416 g/mol. The molecule has 1 saturated carbocycles. The summed E-state index contributed by atoms with van der Waals surface area (Å²) in [5, 5.41) is 3.35. The van der Waals surface area contributed by atoms with Gasteiger partial charge in [0.15, 0.2) is 0 Å². The van der Waals surface area contributed by atoms with Gasteiger partial charge >= 0.3 is 0 Å². The van der Waals surface area contributed by atoms with Crippen LogP contribution < -0.4 is 5.32 Å². The van der Waals surface area contributed by atoms with Crippen LogP contribution in [-0.2, 0) is 10.3 Å². The Hall–Kier alpha value is -2.14. The van der Waals surface area contributed by atoms with Gasteiger partial charge in [-0.2, -0.15) is 0 Å². The van der Waals surface area contributed by atoms with E-state index >= 15 is 0 Å². The van der Waals surface area contributed by atoms with E-state index in [0.29, 0.717) is 18.7 Å². The van der Waals surface area contributed by atoms with E-state index in [0.717, 1.165) is 36.6 Å². The summed E-state index contributed by atoms with van der Waals surface area (Å²) in [5.74, 6) is 0.167. The molecule has 1 saturated heterocycles. The predicted molar refractivity (Wildman–Crippen MR) is 113 cm³/mol. The Kier molecular flexibility index (Phi) is 5.54. The van der Waals surface area contributed by atoms with Gasteiger partial charge in [0, 0.05) is 29.0 Å². The van der Waals surface area contributed by atoms with E-state index in [2.05, 4.69) is 33.4 Å². The number of benzene rings is 2. The van der Waals surface area contributed by atoms with E-state index in [9.17, 15) is 9.59 Å². The molecule has 0 aromatic heterocycles. The normalized spacial score (nSPS) is 19.0. The van der Waals surface area contributed by atoms with Crippen molar-refractivity contribution in [2.45, 2.75) is 37.6 Å². The Morgan fingerprint density at radius 3 is 2.18 bits per heavy atom. The molecule has 1 aliphatic heterocycles. The number of carbonyl (C=O) groups is 2. The van der Waals surface area contributed by atoms with E-state index in [1.54, 1.807) is 0 Å². The highest BCUT2D eigenvalue weighted by Crippen LogP contribution is 2.41. The summed E-state index contributed by atoms with van der Waals surface area (Å²) in [6.45, 7) is 1.26. The third kappa shape index (κ3) is 3.86. The molecule has 28 heavy (non-hydrogen) atoms. The number of halogens is 1. The third-order valence-corrected chi connectivity index (χ3v) is 6.67. The Morgan fingerprint density at radius 1 is 0.964 bits per heavy atom. The second-order valence-corrected chi connectivity index (χ2v) is 8.78. The van der Waals surface area contributed by atoms with Gasteiger partial charge in [-0.25, -0.2) is 0 Å². The standard InChI is InChI=1S/C23H25BrN2O2/c24-20-9-7-18(8-10-20)22(28)26-15-11-17(12-16-26)21(27)25-23(13-4-14-23)19-5-2-1-3-6-19/h1-3,5-10,17H,4,11-16H2,(H,25,27). The van der Waals surface area contributed by atoms with Crippen LogP contribution in [0.3, 0.4) is 0 Å². The summed E-state index contributed by atoms with van der Waals surface area (Å²) >= 11 is 3.40. The molecule has 2 aliphatic rings. The number of amides is 2. The number of nitrogens with one attached hydrogen (secondary N) is 1. The van der Waals surface area contributed by atoms with Crippen LogP contribution in [-0.4, -0.2) is 29.8 Å². The van der Waals surface area contributed by atoms with Gasteiger partial charge in [-0.15, -0.1) is 0 Å². The largest absolute Gasteiger partial charge is 0.346 e. The minimum Gasteiger partial charge on any atom is -0.346 e. The number of carbonyl (C=O) groups excluding carboxylic acids is 2. The first-order chi connectivity index (χ1) is 13.6. The molecule has 5 heteroatoms. The number of hydrogen-bond donors (Lipinski definition) is 1. The van der Waals surface area contributed by atoms with Gasteiger partial charge in [-0.3, -0.25) is 9.59 Å². The molecule has 146 valence electrons. The zero-order chi connectivity index (χ0) is 19.6. The SMILES string of the molecule is O=C(NC1(c2ccccc2)CCC1)C1CCN(C(=O)c2ccc(Br)cc2)CC1. The van der Waals surface area contributed by atoms with Crippen molar-refractivity contribution in [1.29, 1.82) is 0 Å². The lowest BCUT2D eigenvalue weighted by molar-refractivity contribution is -0.129. The van der Waals surface area contributed by atoms with Crippen molar-refractivity contribution >= 4 is 27.7 Å². The van der Waals surface area contributed by atoms with Crippen molar-refractivity contribution in [1.82, 2.24) is 10.2 Å². The van der Waals surface area contributed by atoms with Crippen LogP contribution in [0.5, 0.6) is 0 Å². The lowest BCUT2D eigenvalue weighted by Gasteiger charge is -2.44. The number of nitrogens with zero attached hydrogens (tertiary/aromatic N) is 1. The summed E-state index contributed by atoms with van der Waals surface area (Å²) in [7, 11) is 0. The van der Waals surface area contributed by atoms with Gasteiger partial charge in [0.2, 0.25) is 5.91 Å². The minimum absolute atomic E-state index is 0.0184. The zero-order valence-electron chi connectivity index (χ0n) is 15.9. The first-order valence-corrected chi connectivity index (χ1v) is 10.8. The molecular formula is C23H25BrN2O2. The smallest absolute Gasteiger partial charge is 0.253 e. The van der Waals surface area contributed by atoms with E-state index in [1.807, 2.05) is 47.4 Å². The summed E-state index contributed by atoms with van der Waals surface area (Å²) in [5.41, 5.74) is 1.71. The van der Waals surface area contributed by atoms with Crippen molar-refractivity contribution in [2.75, 3.05) is 13.1 Å². The van der Waals surface area contributed by atoms with Crippen LogP contribution in [0.25, 0.3) is 0 Å². The van der Waals surface area contributed by atoms with Crippen LogP contribution in [0.1, 0.15) is 48.0 Å². The maximum Gasteiger partial charge on any atom is 0.253 e. The fourth-order valence-corrected chi connectivity index (χ4v) is 4.50. The van der Waals surface area contributed by atoms with Crippen LogP contribution in [0, 0.1) is 5.92 Å². The van der Waals surface area contributed by atoms with E-state index in [4.69, 9.17) is 0 Å². The Morgan fingerprint density at radius 2 is 1.61 bits per heavy atom. The molecule has 0 radical (unpaired) electrons. The molecule has 0 spiro atoms. The molecule has 2 fully saturated rings. The van der Waals surface area contributed by atoms with Gasteiger partial charge in [-0.1, -0.05) is 46.3 Å². The van der Waals surface area contributed by atoms with Crippen LogP contribution in [0.4, 0.5) is 0 Å². The minimum atomic E-state index is -0.192. The fraction of sp³-hybridized carbons (Fsp3) is 0.391. The highest BCUT2D eigenvalue weighted by Gasteiger charge is 2.41. The molecule has 2 aromatic rings. The van der Waals surface area contributed by atoms with Gasteiger partial charge in [0.25, 0.3) is 5.91 Å². The molecule has 1 heterocycles. The molecule has 2 aromatic carbocycles. The summed E-state index contributed by atoms with van der Waals surface area (Å²) in [4.78, 5) is 27.5. The van der Waals surface area contributed by atoms with Crippen LogP contribution in [0.2, 0.25) is 0 Å². The summed E-state index contributed by atoms with van der Waals surface area (Å²) < 4.78 is 0.961. The second-order valence-electron chi connectivity index (χ2n) is 7.86. The Labute approximate surface area is 174 Å². The number of likely N-dealkylation sites (tertiary alicyclic amines) is 1.